The fraction of sp³-hybridized carbons (Fsp3) is 0.692. The van der Waals surface area contributed by atoms with Crippen LogP contribution in [0.5, 0.6) is 0 Å². The first-order chi connectivity index (χ1) is 7.36. The Balaban J connectivity index is 1.86. The van der Waals surface area contributed by atoms with Gasteiger partial charge in [-0.05, 0) is 30.4 Å². The van der Waals surface area contributed by atoms with E-state index in [1.54, 1.807) is 12.5 Å². The van der Waals surface area contributed by atoms with Crippen molar-refractivity contribution in [3.05, 3.63) is 24.2 Å². The van der Waals surface area contributed by atoms with Crippen molar-refractivity contribution >= 4 is 0 Å². The molecular weight excluding hydrogens is 188 g/mol. The van der Waals surface area contributed by atoms with Crippen molar-refractivity contribution in [2.75, 3.05) is 0 Å². The minimum Gasteiger partial charge on any atom is -0.472 e. The lowest BCUT2D eigenvalue weighted by Gasteiger charge is -2.20. The van der Waals surface area contributed by atoms with Crippen molar-refractivity contribution in [1.29, 1.82) is 0 Å². The highest BCUT2D eigenvalue weighted by molar-refractivity contribution is 5.06. The second-order valence-electron chi connectivity index (χ2n) is 4.65. The molecule has 1 aromatic rings. The molecule has 0 spiro atoms. The van der Waals surface area contributed by atoms with Gasteiger partial charge in [-0.2, -0.15) is 0 Å². The fourth-order valence-electron chi connectivity index (χ4n) is 2.51. The molecule has 1 aliphatic rings. The molecule has 1 N–H and O–H groups in total. The van der Waals surface area contributed by atoms with Gasteiger partial charge in [0.05, 0.1) is 18.6 Å². The lowest BCUT2D eigenvalue weighted by molar-refractivity contribution is 0.0984. The third-order valence-corrected chi connectivity index (χ3v) is 3.47. The standard InChI is InChI=1S/C13H20O2/c14-13(9-11-7-8-15-10-11)12-5-3-1-2-4-6-12/h7-8,10,12-14H,1-6,9H2. The van der Waals surface area contributed by atoms with Crippen LogP contribution in [0.1, 0.15) is 44.1 Å². The fourth-order valence-corrected chi connectivity index (χ4v) is 2.51. The van der Waals surface area contributed by atoms with Crippen molar-refractivity contribution < 1.29 is 9.52 Å². The summed E-state index contributed by atoms with van der Waals surface area (Å²) in [7, 11) is 0. The summed E-state index contributed by atoms with van der Waals surface area (Å²) in [5.74, 6) is 0.502. The maximum absolute atomic E-state index is 10.1. The van der Waals surface area contributed by atoms with Gasteiger partial charge in [0.2, 0.25) is 0 Å². The molecule has 1 heterocycles. The zero-order chi connectivity index (χ0) is 10.5. The Hall–Kier alpha value is -0.760. The van der Waals surface area contributed by atoms with Crippen LogP contribution in [0, 0.1) is 5.92 Å². The molecule has 84 valence electrons. The summed E-state index contributed by atoms with van der Waals surface area (Å²) in [4.78, 5) is 0. The SMILES string of the molecule is OC(Cc1ccoc1)C1CCCCCC1. The Kier molecular flexibility index (Phi) is 3.84. The van der Waals surface area contributed by atoms with E-state index in [4.69, 9.17) is 4.42 Å². The van der Waals surface area contributed by atoms with Crippen LogP contribution in [0.15, 0.2) is 23.0 Å². The molecule has 0 bridgehead atoms. The van der Waals surface area contributed by atoms with Gasteiger partial charge in [-0.25, -0.2) is 0 Å². The number of aliphatic hydroxyl groups excluding tert-OH is 1. The number of hydrogen-bond donors (Lipinski definition) is 1. The van der Waals surface area contributed by atoms with Gasteiger partial charge < -0.3 is 9.52 Å². The van der Waals surface area contributed by atoms with Gasteiger partial charge in [-0.3, -0.25) is 0 Å². The summed E-state index contributed by atoms with van der Waals surface area (Å²) >= 11 is 0. The second-order valence-corrected chi connectivity index (χ2v) is 4.65. The molecule has 1 atom stereocenters. The maximum atomic E-state index is 10.1. The summed E-state index contributed by atoms with van der Waals surface area (Å²) < 4.78 is 5.02. The zero-order valence-electron chi connectivity index (χ0n) is 9.19. The number of furan rings is 1. The minimum atomic E-state index is -0.180. The molecule has 0 aromatic carbocycles. The normalized spacial score (nSPS) is 21.1. The Morgan fingerprint density at radius 1 is 1.27 bits per heavy atom. The molecular formula is C13H20O2. The van der Waals surface area contributed by atoms with Crippen LogP contribution in [-0.4, -0.2) is 11.2 Å². The predicted molar refractivity (Wildman–Crippen MR) is 59.6 cm³/mol. The van der Waals surface area contributed by atoms with Crippen LogP contribution < -0.4 is 0 Å². The number of rotatable bonds is 3. The topological polar surface area (TPSA) is 33.4 Å². The van der Waals surface area contributed by atoms with Crippen molar-refractivity contribution in [3.8, 4) is 0 Å². The van der Waals surface area contributed by atoms with E-state index < -0.39 is 0 Å². The van der Waals surface area contributed by atoms with Crippen LogP contribution in [0.2, 0.25) is 0 Å². The van der Waals surface area contributed by atoms with Crippen LogP contribution >= 0.6 is 0 Å². The summed E-state index contributed by atoms with van der Waals surface area (Å²) in [6.07, 6.45) is 11.6. The lowest BCUT2D eigenvalue weighted by atomic mass is 9.91. The first-order valence-electron chi connectivity index (χ1n) is 6.05. The Morgan fingerprint density at radius 2 is 2.00 bits per heavy atom. The van der Waals surface area contributed by atoms with Gasteiger partial charge in [0.15, 0.2) is 0 Å². The molecule has 0 aliphatic heterocycles. The molecule has 2 rings (SSSR count). The maximum Gasteiger partial charge on any atom is 0.0935 e. The Bertz CT molecular complexity index is 258. The second kappa shape index (κ2) is 5.36. The van der Waals surface area contributed by atoms with Crippen molar-refractivity contribution in [3.63, 3.8) is 0 Å². The van der Waals surface area contributed by atoms with Crippen LogP contribution in [0.4, 0.5) is 0 Å². The van der Waals surface area contributed by atoms with E-state index in [1.165, 1.54) is 38.5 Å². The van der Waals surface area contributed by atoms with Gasteiger partial charge in [0.1, 0.15) is 0 Å². The summed E-state index contributed by atoms with van der Waals surface area (Å²) in [6, 6.07) is 1.94. The molecule has 1 aromatic heterocycles. The molecule has 1 aliphatic carbocycles. The smallest absolute Gasteiger partial charge is 0.0935 e. The van der Waals surface area contributed by atoms with Gasteiger partial charge in [0.25, 0.3) is 0 Å². The first-order valence-corrected chi connectivity index (χ1v) is 6.05. The molecule has 1 unspecified atom stereocenters. The largest absolute Gasteiger partial charge is 0.472 e. The monoisotopic (exact) mass is 208 g/mol. The molecule has 0 amide bonds. The molecule has 15 heavy (non-hydrogen) atoms. The Morgan fingerprint density at radius 3 is 2.60 bits per heavy atom. The van der Waals surface area contributed by atoms with Crippen LogP contribution in [0.25, 0.3) is 0 Å². The van der Waals surface area contributed by atoms with Crippen LogP contribution in [-0.2, 0) is 6.42 Å². The van der Waals surface area contributed by atoms with E-state index in [1.807, 2.05) is 6.07 Å². The van der Waals surface area contributed by atoms with E-state index in [0.29, 0.717) is 5.92 Å². The lowest BCUT2D eigenvalue weighted by Crippen LogP contribution is -2.22. The molecule has 0 saturated heterocycles. The average molecular weight is 208 g/mol. The summed E-state index contributed by atoms with van der Waals surface area (Å²) in [5.41, 5.74) is 1.12. The highest BCUT2D eigenvalue weighted by Gasteiger charge is 2.20. The van der Waals surface area contributed by atoms with Crippen LogP contribution in [0.3, 0.4) is 0 Å². The van der Waals surface area contributed by atoms with Crippen molar-refractivity contribution in [1.82, 2.24) is 0 Å². The molecule has 1 fully saturated rings. The molecule has 0 radical (unpaired) electrons. The van der Waals surface area contributed by atoms with E-state index >= 15 is 0 Å². The van der Waals surface area contributed by atoms with E-state index in [9.17, 15) is 5.11 Å². The number of hydrogen-bond acceptors (Lipinski definition) is 2. The first kappa shape index (κ1) is 10.7. The van der Waals surface area contributed by atoms with Gasteiger partial charge in [-0.15, -0.1) is 0 Å². The van der Waals surface area contributed by atoms with E-state index in [0.717, 1.165) is 12.0 Å². The highest BCUT2D eigenvalue weighted by Crippen LogP contribution is 2.27. The zero-order valence-corrected chi connectivity index (χ0v) is 9.19. The molecule has 2 heteroatoms. The predicted octanol–water partition coefficient (Wildman–Crippen LogP) is 3.15. The van der Waals surface area contributed by atoms with Gasteiger partial charge in [-0.1, -0.05) is 25.7 Å². The van der Waals surface area contributed by atoms with Gasteiger partial charge in [0, 0.05) is 6.42 Å². The quantitative estimate of drug-likeness (QED) is 0.774. The number of aliphatic hydroxyl groups is 1. The van der Waals surface area contributed by atoms with Crippen molar-refractivity contribution in [2.45, 2.75) is 51.0 Å². The summed E-state index contributed by atoms with van der Waals surface area (Å²) in [5, 5.41) is 10.1. The van der Waals surface area contributed by atoms with Gasteiger partial charge >= 0.3 is 0 Å². The third-order valence-electron chi connectivity index (χ3n) is 3.47. The average Bonchev–Trinajstić information content (AvgIpc) is 2.58. The highest BCUT2D eigenvalue weighted by atomic mass is 16.3. The molecule has 2 nitrogen and oxygen atoms in total. The third kappa shape index (κ3) is 3.10. The summed E-state index contributed by atoms with van der Waals surface area (Å²) in [6.45, 7) is 0. The Labute approximate surface area is 91.3 Å². The van der Waals surface area contributed by atoms with Crippen molar-refractivity contribution in [2.24, 2.45) is 5.92 Å². The van der Waals surface area contributed by atoms with E-state index in [-0.39, 0.29) is 6.10 Å². The molecule has 1 saturated carbocycles. The minimum absolute atomic E-state index is 0.180. The van der Waals surface area contributed by atoms with E-state index in [2.05, 4.69) is 0 Å².